The molecule has 0 aliphatic heterocycles. The van der Waals surface area contributed by atoms with E-state index in [-0.39, 0.29) is 43.3 Å². The van der Waals surface area contributed by atoms with Crippen LogP contribution in [0.15, 0.2) is 12.1 Å². The number of aliphatic hydroxyl groups excluding tert-OH is 3. The number of rotatable bonds is 8. The van der Waals surface area contributed by atoms with Crippen LogP contribution in [0.5, 0.6) is 0 Å². The van der Waals surface area contributed by atoms with Crippen LogP contribution in [0.4, 0.5) is 0 Å². The average Bonchev–Trinajstić information content (AvgIpc) is 3.03. The SMILES string of the molecule is CCOC(=O)c1[nH]c(CNC)c(-c2ccc(CO)c(CO)c2CO)c1Cl.O=C=O. The van der Waals surface area contributed by atoms with Gasteiger partial charge in [-0.1, -0.05) is 23.7 Å². The molecule has 1 aromatic carbocycles. The van der Waals surface area contributed by atoms with Crippen LogP contribution in [-0.4, -0.2) is 46.1 Å². The van der Waals surface area contributed by atoms with Crippen molar-refractivity contribution < 1.29 is 34.4 Å². The minimum absolute atomic E-state index is 0.134. The van der Waals surface area contributed by atoms with Crippen molar-refractivity contribution in [2.75, 3.05) is 13.7 Å². The molecule has 0 amide bonds. The largest absolute Gasteiger partial charge is 0.461 e. The summed E-state index contributed by atoms with van der Waals surface area (Å²) in [6.45, 7) is 1.36. The van der Waals surface area contributed by atoms with Gasteiger partial charge < -0.3 is 30.4 Å². The summed E-state index contributed by atoms with van der Waals surface area (Å²) < 4.78 is 5.03. The van der Waals surface area contributed by atoms with Crippen molar-refractivity contribution in [1.29, 1.82) is 0 Å². The number of hydrogen-bond donors (Lipinski definition) is 5. The molecule has 0 fully saturated rings. The van der Waals surface area contributed by atoms with Crippen molar-refractivity contribution in [3.8, 4) is 11.1 Å². The first kappa shape index (κ1) is 24.5. The number of ether oxygens (including phenoxy) is 1. The molecule has 0 saturated carbocycles. The number of aliphatic hydroxyl groups is 3. The Kier molecular flexibility index (Phi) is 10.3. The van der Waals surface area contributed by atoms with E-state index in [2.05, 4.69) is 10.3 Å². The Hall–Kier alpha value is -2.52. The molecule has 0 spiro atoms. The smallest absolute Gasteiger partial charge is 0.373 e. The molecule has 0 atom stereocenters. The summed E-state index contributed by atoms with van der Waals surface area (Å²) >= 11 is 6.48. The Labute approximate surface area is 172 Å². The summed E-state index contributed by atoms with van der Waals surface area (Å²) in [4.78, 5) is 31.4. The number of carbonyl (C=O) groups is 1. The zero-order valence-electron chi connectivity index (χ0n) is 16.0. The maximum atomic E-state index is 12.2. The summed E-state index contributed by atoms with van der Waals surface area (Å²) in [5.41, 5.74) is 3.33. The zero-order valence-corrected chi connectivity index (χ0v) is 16.8. The normalized spacial score (nSPS) is 10.1. The van der Waals surface area contributed by atoms with E-state index >= 15 is 0 Å². The zero-order chi connectivity index (χ0) is 22.0. The van der Waals surface area contributed by atoms with E-state index in [0.717, 1.165) is 0 Å². The highest BCUT2D eigenvalue weighted by Crippen LogP contribution is 2.38. The van der Waals surface area contributed by atoms with Crippen molar-refractivity contribution in [3.63, 3.8) is 0 Å². The highest BCUT2D eigenvalue weighted by atomic mass is 35.5. The second-order valence-corrected chi connectivity index (χ2v) is 6.08. The van der Waals surface area contributed by atoms with E-state index in [1.165, 1.54) is 0 Å². The lowest BCUT2D eigenvalue weighted by atomic mass is 9.92. The van der Waals surface area contributed by atoms with Gasteiger partial charge in [0.05, 0.1) is 31.5 Å². The third-order valence-electron chi connectivity index (χ3n) is 4.13. The second kappa shape index (κ2) is 12.1. The molecule has 0 radical (unpaired) electrons. The molecule has 2 aromatic rings. The van der Waals surface area contributed by atoms with Crippen molar-refractivity contribution >= 4 is 23.7 Å². The topological polar surface area (TPSA) is 149 Å². The van der Waals surface area contributed by atoms with Crippen molar-refractivity contribution in [3.05, 3.63) is 45.2 Å². The van der Waals surface area contributed by atoms with Crippen LogP contribution < -0.4 is 5.32 Å². The van der Waals surface area contributed by atoms with Crippen LogP contribution in [0, 0.1) is 0 Å². The lowest BCUT2D eigenvalue weighted by Crippen LogP contribution is -2.09. The molecule has 0 unspecified atom stereocenters. The molecule has 0 saturated heterocycles. The molecule has 1 aromatic heterocycles. The predicted octanol–water partition coefficient (Wildman–Crippen LogP) is 1.12. The summed E-state index contributed by atoms with van der Waals surface area (Å²) in [5.74, 6) is -0.569. The van der Waals surface area contributed by atoms with Gasteiger partial charge in [-0.3, -0.25) is 0 Å². The van der Waals surface area contributed by atoms with Crippen molar-refractivity contribution in [2.24, 2.45) is 0 Å². The molecule has 10 heteroatoms. The Morgan fingerprint density at radius 2 is 1.79 bits per heavy atom. The molecule has 9 nitrogen and oxygen atoms in total. The van der Waals surface area contributed by atoms with Crippen LogP contribution >= 0.6 is 11.6 Å². The van der Waals surface area contributed by atoms with Gasteiger partial charge in [0.25, 0.3) is 0 Å². The van der Waals surface area contributed by atoms with E-state index in [4.69, 9.17) is 25.9 Å². The van der Waals surface area contributed by atoms with E-state index < -0.39 is 5.97 Å². The fraction of sp³-hybridized carbons (Fsp3) is 0.368. The van der Waals surface area contributed by atoms with Gasteiger partial charge in [-0.05, 0) is 36.2 Å². The minimum atomic E-state index is -0.569. The first-order valence-electron chi connectivity index (χ1n) is 8.63. The van der Waals surface area contributed by atoms with E-state index in [9.17, 15) is 20.1 Å². The maximum Gasteiger partial charge on any atom is 0.373 e. The Bertz CT molecular complexity index is 874. The fourth-order valence-electron chi connectivity index (χ4n) is 2.96. The second-order valence-electron chi connectivity index (χ2n) is 5.71. The first-order chi connectivity index (χ1) is 13.9. The Morgan fingerprint density at radius 1 is 1.17 bits per heavy atom. The average molecular weight is 427 g/mol. The Morgan fingerprint density at radius 3 is 2.28 bits per heavy atom. The number of hydrogen-bond acceptors (Lipinski definition) is 8. The molecule has 0 aliphatic carbocycles. The highest BCUT2D eigenvalue weighted by molar-refractivity contribution is 6.36. The number of halogens is 1. The number of nitrogens with one attached hydrogen (secondary N) is 2. The summed E-state index contributed by atoms with van der Waals surface area (Å²) in [7, 11) is 1.75. The van der Waals surface area contributed by atoms with Gasteiger partial charge in [0.1, 0.15) is 5.69 Å². The maximum absolute atomic E-state index is 12.2. The Balaban J connectivity index is 0.00000132. The molecule has 0 aliphatic rings. The minimum Gasteiger partial charge on any atom is -0.461 e. The molecule has 0 bridgehead atoms. The molecular weight excluding hydrogens is 404 g/mol. The van der Waals surface area contributed by atoms with Gasteiger partial charge >= 0.3 is 12.1 Å². The molecule has 29 heavy (non-hydrogen) atoms. The number of carbonyl (C=O) groups excluding carboxylic acids is 3. The molecule has 2 rings (SSSR count). The standard InChI is InChI=1S/C18H23ClN2O5.CO2/c1-3-26-18(25)17-16(19)15(14(21-17)6-20-2)11-5-4-10(7-22)12(8-23)13(11)9-24;2-1-3/h4-5,20-24H,3,6-9H2,1-2H3;. The monoisotopic (exact) mass is 426 g/mol. The quantitative estimate of drug-likeness (QED) is 0.394. The van der Waals surface area contributed by atoms with E-state index in [1.54, 1.807) is 26.1 Å². The molecule has 1 heterocycles. The third kappa shape index (κ3) is 5.51. The fourth-order valence-corrected chi connectivity index (χ4v) is 3.30. The number of benzene rings is 1. The molecule has 158 valence electrons. The van der Waals surface area contributed by atoms with Gasteiger partial charge in [-0.15, -0.1) is 0 Å². The summed E-state index contributed by atoms with van der Waals surface area (Å²) in [5, 5.41) is 32.2. The highest BCUT2D eigenvalue weighted by Gasteiger charge is 2.25. The van der Waals surface area contributed by atoms with E-state index in [0.29, 0.717) is 40.1 Å². The lowest BCUT2D eigenvalue weighted by molar-refractivity contribution is -0.191. The number of esters is 1. The van der Waals surface area contributed by atoms with Crippen LogP contribution in [-0.2, 0) is 40.7 Å². The van der Waals surface area contributed by atoms with E-state index in [1.807, 2.05) is 0 Å². The number of aromatic nitrogens is 1. The van der Waals surface area contributed by atoms with Crippen molar-refractivity contribution in [1.82, 2.24) is 10.3 Å². The van der Waals surface area contributed by atoms with Gasteiger partial charge in [-0.2, -0.15) is 9.59 Å². The van der Waals surface area contributed by atoms with Crippen molar-refractivity contribution in [2.45, 2.75) is 33.3 Å². The van der Waals surface area contributed by atoms with Crippen LogP contribution in [0.2, 0.25) is 5.02 Å². The van der Waals surface area contributed by atoms with Gasteiger partial charge in [0, 0.05) is 17.8 Å². The van der Waals surface area contributed by atoms with Crippen LogP contribution in [0.25, 0.3) is 11.1 Å². The third-order valence-corrected chi connectivity index (χ3v) is 4.51. The van der Waals surface area contributed by atoms with Crippen LogP contribution in [0.1, 0.15) is 39.8 Å². The van der Waals surface area contributed by atoms with Gasteiger partial charge in [-0.25, -0.2) is 4.79 Å². The predicted molar refractivity (Wildman–Crippen MR) is 103 cm³/mol. The summed E-state index contributed by atoms with van der Waals surface area (Å²) in [6, 6.07) is 3.37. The van der Waals surface area contributed by atoms with Crippen LogP contribution in [0.3, 0.4) is 0 Å². The molecule has 5 N–H and O–H groups in total. The summed E-state index contributed by atoms with van der Waals surface area (Å²) in [6.07, 6.45) is 0.250. The van der Waals surface area contributed by atoms with Gasteiger partial charge in [0.2, 0.25) is 0 Å². The molecular formula is C19H23ClN2O7. The first-order valence-corrected chi connectivity index (χ1v) is 9.01. The lowest BCUT2D eigenvalue weighted by Gasteiger charge is -2.16. The number of H-pyrrole nitrogens is 1. The van der Waals surface area contributed by atoms with Gasteiger partial charge in [0.15, 0.2) is 0 Å². The number of aromatic amines is 1.